The van der Waals surface area contributed by atoms with Crippen molar-refractivity contribution in [2.45, 2.75) is 18.9 Å². The van der Waals surface area contributed by atoms with Gasteiger partial charge in [0.25, 0.3) is 5.91 Å². The quantitative estimate of drug-likeness (QED) is 0.915. The Labute approximate surface area is 118 Å². The number of carbonyl (C=O) groups excluding carboxylic acids is 1. The Balaban J connectivity index is 1.71. The van der Waals surface area contributed by atoms with Crippen LogP contribution in [0.4, 0.5) is 10.1 Å². The zero-order valence-corrected chi connectivity index (χ0v) is 11.7. The van der Waals surface area contributed by atoms with Crippen LogP contribution in [0, 0.1) is 5.82 Å². The Morgan fingerprint density at radius 1 is 1.25 bits per heavy atom. The van der Waals surface area contributed by atoms with Gasteiger partial charge in [-0.05, 0) is 25.0 Å². The first-order valence-corrected chi connectivity index (χ1v) is 7.20. The largest absolute Gasteiger partial charge is 0.385 e. The van der Waals surface area contributed by atoms with Crippen molar-refractivity contribution in [1.82, 2.24) is 9.80 Å². The lowest BCUT2D eigenvalue weighted by molar-refractivity contribution is 0.0628. The number of hydrogen-bond donors (Lipinski definition) is 1. The number of anilines is 1. The normalized spacial score (nSPS) is 20.0. The van der Waals surface area contributed by atoms with Crippen LogP contribution >= 0.6 is 0 Å². The van der Waals surface area contributed by atoms with E-state index in [4.69, 9.17) is 0 Å². The van der Waals surface area contributed by atoms with Gasteiger partial charge in [-0.1, -0.05) is 6.07 Å². The van der Waals surface area contributed by atoms with E-state index in [2.05, 4.69) is 10.2 Å². The summed E-state index contributed by atoms with van der Waals surface area (Å²) < 4.78 is 13.7. The summed E-state index contributed by atoms with van der Waals surface area (Å²) in [4.78, 5) is 16.8. The summed E-state index contributed by atoms with van der Waals surface area (Å²) in [6.07, 6.45) is 2.59. The molecule has 2 fully saturated rings. The minimum absolute atomic E-state index is 0.0794. The minimum atomic E-state index is -0.380. The molecule has 0 aromatic heterocycles. The van der Waals surface area contributed by atoms with E-state index < -0.39 is 0 Å². The lowest BCUT2D eigenvalue weighted by Crippen LogP contribution is -2.49. The molecule has 0 radical (unpaired) electrons. The number of halogens is 1. The van der Waals surface area contributed by atoms with Gasteiger partial charge in [0.15, 0.2) is 0 Å². The second-order valence-corrected chi connectivity index (χ2v) is 5.47. The third-order valence-electron chi connectivity index (χ3n) is 4.16. The van der Waals surface area contributed by atoms with Gasteiger partial charge in [0, 0.05) is 39.3 Å². The molecule has 1 saturated heterocycles. The molecule has 20 heavy (non-hydrogen) atoms. The first kappa shape index (κ1) is 13.4. The number of hydrogen-bond acceptors (Lipinski definition) is 3. The van der Waals surface area contributed by atoms with Gasteiger partial charge in [-0.3, -0.25) is 9.69 Å². The summed E-state index contributed by atoms with van der Waals surface area (Å²) in [6.45, 7) is 3.32. The fraction of sp³-hybridized carbons (Fsp3) is 0.533. The van der Waals surface area contributed by atoms with Gasteiger partial charge in [-0.15, -0.1) is 0 Å². The van der Waals surface area contributed by atoms with Crippen molar-refractivity contribution in [2.75, 3.05) is 38.5 Å². The Kier molecular flexibility index (Phi) is 3.61. The van der Waals surface area contributed by atoms with Crippen LogP contribution in [0.25, 0.3) is 0 Å². The van der Waals surface area contributed by atoms with Gasteiger partial charge < -0.3 is 10.2 Å². The molecule has 1 aromatic carbocycles. The Morgan fingerprint density at radius 2 is 1.95 bits per heavy atom. The van der Waals surface area contributed by atoms with Gasteiger partial charge in [-0.2, -0.15) is 0 Å². The summed E-state index contributed by atoms with van der Waals surface area (Å²) in [5.41, 5.74) is 0.717. The van der Waals surface area contributed by atoms with Gasteiger partial charge in [-0.25, -0.2) is 4.39 Å². The monoisotopic (exact) mass is 277 g/mol. The SMILES string of the molecule is CNc1c(F)cccc1C(=O)N1CCN(C2CC2)CC1. The number of carbonyl (C=O) groups is 1. The van der Waals surface area contributed by atoms with E-state index in [-0.39, 0.29) is 11.7 Å². The number of piperazine rings is 1. The second kappa shape index (κ2) is 5.40. The van der Waals surface area contributed by atoms with E-state index in [1.807, 2.05) is 4.90 Å². The Bertz CT molecular complexity index is 508. The molecular formula is C15H20FN3O. The van der Waals surface area contributed by atoms with E-state index in [1.54, 1.807) is 19.2 Å². The molecule has 108 valence electrons. The highest BCUT2D eigenvalue weighted by Crippen LogP contribution is 2.28. The van der Waals surface area contributed by atoms with Crippen molar-refractivity contribution in [2.24, 2.45) is 0 Å². The van der Waals surface area contributed by atoms with Crippen LogP contribution in [0.3, 0.4) is 0 Å². The van der Waals surface area contributed by atoms with Crippen molar-refractivity contribution in [3.05, 3.63) is 29.6 Å². The van der Waals surface area contributed by atoms with E-state index in [1.165, 1.54) is 18.9 Å². The van der Waals surface area contributed by atoms with E-state index in [0.717, 1.165) is 32.2 Å². The first-order chi connectivity index (χ1) is 9.70. The molecule has 0 spiro atoms. The highest BCUT2D eigenvalue weighted by Gasteiger charge is 2.32. The topological polar surface area (TPSA) is 35.6 Å². The van der Waals surface area contributed by atoms with Crippen LogP contribution in [0.2, 0.25) is 0 Å². The zero-order valence-electron chi connectivity index (χ0n) is 11.7. The number of rotatable bonds is 3. The maximum Gasteiger partial charge on any atom is 0.256 e. The van der Waals surface area contributed by atoms with Gasteiger partial charge in [0.05, 0.1) is 11.3 Å². The third-order valence-corrected chi connectivity index (χ3v) is 4.16. The molecule has 3 rings (SSSR count). The number of para-hydroxylation sites is 1. The standard InChI is InChI=1S/C15H20FN3O/c1-17-14-12(3-2-4-13(14)16)15(20)19-9-7-18(8-10-19)11-5-6-11/h2-4,11,17H,5-10H2,1H3. The molecular weight excluding hydrogens is 257 g/mol. The molecule has 5 heteroatoms. The minimum Gasteiger partial charge on any atom is -0.385 e. The summed E-state index contributed by atoms with van der Waals surface area (Å²) in [7, 11) is 1.64. The zero-order chi connectivity index (χ0) is 14.1. The molecule has 1 aliphatic carbocycles. The Hall–Kier alpha value is -1.62. The van der Waals surface area contributed by atoms with E-state index >= 15 is 0 Å². The van der Waals surface area contributed by atoms with Gasteiger partial charge in [0.2, 0.25) is 0 Å². The Morgan fingerprint density at radius 3 is 2.55 bits per heavy atom. The lowest BCUT2D eigenvalue weighted by atomic mass is 10.1. The smallest absolute Gasteiger partial charge is 0.256 e. The lowest BCUT2D eigenvalue weighted by Gasteiger charge is -2.35. The maximum atomic E-state index is 13.7. The van der Waals surface area contributed by atoms with Crippen molar-refractivity contribution >= 4 is 11.6 Å². The summed E-state index contributed by atoms with van der Waals surface area (Å²) in [6, 6.07) is 5.39. The van der Waals surface area contributed by atoms with E-state index in [9.17, 15) is 9.18 Å². The number of nitrogens with one attached hydrogen (secondary N) is 1. The molecule has 0 unspecified atom stereocenters. The number of nitrogens with zero attached hydrogens (tertiary/aromatic N) is 2. The highest BCUT2D eigenvalue weighted by molar-refractivity contribution is 5.99. The molecule has 1 amide bonds. The van der Waals surface area contributed by atoms with E-state index in [0.29, 0.717) is 11.3 Å². The average Bonchev–Trinajstić information content (AvgIpc) is 3.31. The predicted molar refractivity (Wildman–Crippen MR) is 76.4 cm³/mol. The summed E-state index contributed by atoms with van der Waals surface area (Å²) >= 11 is 0. The predicted octanol–water partition coefficient (Wildman–Crippen LogP) is 1.79. The van der Waals surface area contributed by atoms with Crippen molar-refractivity contribution in [3.63, 3.8) is 0 Å². The fourth-order valence-corrected chi connectivity index (χ4v) is 2.86. The maximum absolute atomic E-state index is 13.7. The molecule has 1 saturated carbocycles. The van der Waals surface area contributed by atoms with Crippen LogP contribution in [-0.4, -0.2) is 55.0 Å². The number of amides is 1. The highest BCUT2D eigenvalue weighted by atomic mass is 19.1. The number of benzene rings is 1. The molecule has 1 aliphatic heterocycles. The van der Waals surface area contributed by atoms with Crippen LogP contribution in [0.5, 0.6) is 0 Å². The second-order valence-electron chi connectivity index (χ2n) is 5.47. The summed E-state index contributed by atoms with van der Waals surface area (Å²) in [5, 5.41) is 2.79. The van der Waals surface area contributed by atoms with Crippen LogP contribution in [0.1, 0.15) is 23.2 Å². The molecule has 1 N–H and O–H groups in total. The van der Waals surface area contributed by atoms with Gasteiger partial charge >= 0.3 is 0 Å². The molecule has 1 heterocycles. The molecule has 0 bridgehead atoms. The summed E-state index contributed by atoms with van der Waals surface area (Å²) in [5.74, 6) is -0.459. The molecule has 2 aliphatic rings. The first-order valence-electron chi connectivity index (χ1n) is 7.20. The fourth-order valence-electron chi connectivity index (χ4n) is 2.86. The van der Waals surface area contributed by atoms with Gasteiger partial charge in [0.1, 0.15) is 5.82 Å². The molecule has 1 aromatic rings. The van der Waals surface area contributed by atoms with Crippen LogP contribution in [-0.2, 0) is 0 Å². The molecule has 4 nitrogen and oxygen atoms in total. The van der Waals surface area contributed by atoms with Crippen molar-refractivity contribution in [3.8, 4) is 0 Å². The molecule has 0 atom stereocenters. The van der Waals surface area contributed by atoms with Crippen LogP contribution < -0.4 is 5.32 Å². The van der Waals surface area contributed by atoms with Crippen molar-refractivity contribution < 1.29 is 9.18 Å². The third kappa shape index (κ3) is 2.50. The van der Waals surface area contributed by atoms with Crippen LogP contribution in [0.15, 0.2) is 18.2 Å². The van der Waals surface area contributed by atoms with Crippen molar-refractivity contribution in [1.29, 1.82) is 0 Å². The average molecular weight is 277 g/mol.